The maximum atomic E-state index is 10.8. The van der Waals surface area contributed by atoms with Gasteiger partial charge >= 0.3 is 6.01 Å². The van der Waals surface area contributed by atoms with Crippen molar-refractivity contribution in [3.05, 3.63) is 36.2 Å². The van der Waals surface area contributed by atoms with Crippen LogP contribution >= 0.6 is 0 Å². The third-order valence-corrected chi connectivity index (χ3v) is 1.96. The van der Waals surface area contributed by atoms with Gasteiger partial charge in [-0.15, -0.1) is 5.10 Å². The van der Waals surface area contributed by atoms with Crippen LogP contribution in [0.4, 0.5) is 0 Å². The van der Waals surface area contributed by atoms with Crippen LogP contribution in [0.5, 0.6) is 6.01 Å². The van der Waals surface area contributed by atoms with Crippen LogP contribution in [0.3, 0.4) is 0 Å². The van der Waals surface area contributed by atoms with E-state index in [-0.39, 0.29) is 5.82 Å². The zero-order valence-corrected chi connectivity index (χ0v) is 8.12. The van der Waals surface area contributed by atoms with Crippen LogP contribution in [-0.4, -0.2) is 28.2 Å². The molecule has 1 aromatic carbocycles. The van der Waals surface area contributed by atoms with Crippen LogP contribution in [0, 0.1) is 0 Å². The maximum absolute atomic E-state index is 10.8. The number of benzene rings is 1. The summed E-state index contributed by atoms with van der Waals surface area (Å²) in [6.07, 6.45) is 0.641. The standard InChI is InChI=1S/C10H9N3O2/c1-15-10-12-11-9(7-14)13(10)8-5-3-2-4-6-8/h2-7H,1H3. The minimum atomic E-state index is 0.220. The fourth-order valence-electron chi connectivity index (χ4n) is 1.31. The molecule has 2 rings (SSSR count). The lowest BCUT2D eigenvalue weighted by Crippen LogP contribution is -2.02. The summed E-state index contributed by atoms with van der Waals surface area (Å²) in [6, 6.07) is 9.61. The van der Waals surface area contributed by atoms with Gasteiger partial charge in [-0.05, 0) is 12.1 Å². The normalized spacial score (nSPS) is 9.93. The molecule has 0 spiro atoms. The highest BCUT2D eigenvalue weighted by Crippen LogP contribution is 2.16. The van der Waals surface area contributed by atoms with Crippen molar-refractivity contribution in [1.82, 2.24) is 14.8 Å². The SMILES string of the molecule is COc1nnc(C=O)n1-c1ccccc1. The number of hydrogen-bond donors (Lipinski definition) is 0. The van der Waals surface area contributed by atoms with E-state index in [0.29, 0.717) is 12.3 Å². The number of methoxy groups -OCH3 is 1. The maximum Gasteiger partial charge on any atom is 0.321 e. The van der Waals surface area contributed by atoms with Crippen molar-refractivity contribution in [1.29, 1.82) is 0 Å². The zero-order valence-electron chi connectivity index (χ0n) is 8.12. The molecule has 0 radical (unpaired) electrons. The number of aldehydes is 1. The van der Waals surface area contributed by atoms with E-state index in [0.717, 1.165) is 5.69 Å². The minimum absolute atomic E-state index is 0.220. The Morgan fingerprint density at radius 2 is 2.00 bits per heavy atom. The minimum Gasteiger partial charge on any atom is -0.467 e. The molecule has 0 saturated carbocycles. The van der Waals surface area contributed by atoms with Gasteiger partial charge in [-0.2, -0.15) is 0 Å². The van der Waals surface area contributed by atoms with Crippen molar-refractivity contribution < 1.29 is 9.53 Å². The van der Waals surface area contributed by atoms with Crippen molar-refractivity contribution >= 4 is 6.29 Å². The third kappa shape index (κ3) is 1.59. The number of aromatic nitrogens is 3. The van der Waals surface area contributed by atoms with Gasteiger partial charge in [0, 0.05) is 0 Å². The monoisotopic (exact) mass is 203 g/mol. The predicted molar refractivity (Wildman–Crippen MR) is 53.3 cm³/mol. The first kappa shape index (κ1) is 9.39. The van der Waals surface area contributed by atoms with Gasteiger partial charge in [-0.25, -0.2) is 4.57 Å². The molecule has 0 aliphatic rings. The van der Waals surface area contributed by atoms with Gasteiger partial charge in [0.15, 0.2) is 6.29 Å². The molecule has 2 aromatic rings. The van der Waals surface area contributed by atoms with Gasteiger partial charge in [-0.3, -0.25) is 4.79 Å². The Labute approximate surface area is 86.3 Å². The Bertz CT molecular complexity index is 465. The van der Waals surface area contributed by atoms with Crippen LogP contribution in [-0.2, 0) is 0 Å². The van der Waals surface area contributed by atoms with E-state index in [1.54, 1.807) is 4.57 Å². The van der Waals surface area contributed by atoms with Crippen molar-refractivity contribution in [3.63, 3.8) is 0 Å². The summed E-state index contributed by atoms with van der Waals surface area (Å²) in [5.41, 5.74) is 0.793. The van der Waals surface area contributed by atoms with Crippen molar-refractivity contribution in [2.75, 3.05) is 7.11 Å². The van der Waals surface area contributed by atoms with Crippen molar-refractivity contribution in [2.45, 2.75) is 0 Å². The molecular weight excluding hydrogens is 194 g/mol. The highest BCUT2D eigenvalue weighted by atomic mass is 16.5. The lowest BCUT2D eigenvalue weighted by atomic mass is 10.3. The van der Waals surface area contributed by atoms with Gasteiger partial charge in [0.05, 0.1) is 12.8 Å². The Morgan fingerprint density at radius 3 is 2.60 bits per heavy atom. The molecule has 76 valence electrons. The summed E-state index contributed by atoms with van der Waals surface area (Å²) in [6.45, 7) is 0. The second-order valence-electron chi connectivity index (χ2n) is 2.83. The molecule has 0 amide bonds. The molecule has 0 N–H and O–H groups in total. The topological polar surface area (TPSA) is 57.0 Å². The third-order valence-electron chi connectivity index (χ3n) is 1.96. The summed E-state index contributed by atoms with van der Waals surface area (Å²) in [5.74, 6) is 0.220. The zero-order chi connectivity index (χ0) is 10.7. The number of ether oxygens (including phenoxy) is 1. The molecule has 0 unspecified atom stereocenters. The van der Waals surface area contributed by atoms with Crippen LogP contribution in [0.2, 0.25) is 0 Å². The fourth-order valence-corrected chi connectivity index (χ4v) is 1.31. The molecule has 0 bridgehead atoms. The molecule has 0 aliphatic heterocycles. The van der Waals surface area contributed by atoms with E-state index in [1.807, 2.05) is 30.3 Å². The summed E-state index contributed by atoms with van der Waals surface area (Å²) in [4.78, 5) is 10.8. The van der Waals surface area contributed by atoms with Crippen LogP contribution < -0.4 is 4.74 Å². The quantitative estimate of drug-likeness (QED) is 0.700. The summed E-state index contributed by atoms with van der Waals surface area (Å²) < 4.78 is 6.56. The van der Waals surface area contributed by atoms with E-state index >= 15 is 0 Å². The number of hydrogen-bond acceptors (Lipinski definition) is 4. The summed E-state index contributed by atoms with van der Waals surface area (Å²) in [5, 5.41) is 7.44. The molecule has 1 aromatic heterocycles. The second-order valence-corrected chi connectivity index (χ2v) is 2.83. The highest BCUT2D eigenvalue weighted by molar-refractivity contribution is 5.70. The fraction of sp³-hybridized carbons (Fsp3) is 0.100. The Balaban J connectivity index is 2.59. The van der Waals surface area contributed by atoms with E-state index in [2.05, 4.69) is 10.2 Å². The molecule has 0 saturated heterocycles. The highest BCUT2D eigenvalue weighted by Gasteiger charge is 2.12. The summed E-state index contributed by atoms with van der Waals surface area (Å²) in [7, 11) is 1.48. The first-order valence-electron chi connectivity index (χ1n) is 4.37. The van der Waals surface area contributed by atoms with Gasteiger partial charge in [0.25, 0.3) is 0 Å². The van der Waals surface area contributed by atoms with Gasteiger partial charge in [-0.1, -0.05) is 23.3 Å². The molecule has 0 aliphatic carbocycles. The number of para-hydroxylation sites is 1. The molecule has 0 atom stereocenters. The van der Waals surface area contributed by atoms with Crippen LogP contribution in [0.1, 0.15) is 10.6 Å². The van der Waals surface area contributed by atoms with Gasteiger partial charge < -0.3 is 4.74 Å². The average Bonchev–Trinajstić information content (AvgIpc) is 2.72. The van der Waals surface area contributed by atoms with E-state index < -0.39 is 0 Å². The van der Waals surface area contributed by atoms with E-state index in [4.69, 9.17) is 4.74 Å². The molecular formula is C10H9N3O2. The first-order chi connectivity index (χ1) is 7.36. The largest absolute Gasteiger partial charge is 0.467 e. The molecule has 5 nitrogen and oxygen atoms in total. The molecule has 0 fully saturated rings. The van der Waals surface area contributed by atoms with Gasteiger partial charge in [0.2, 0.25) is 5.82 Å². The van der Waals surface area contributed by atoms with Crippen LogP contribution in [0.15, 0.2) is 30.3 Å². The lowest BCUT2D eigenvalue weighted by Gasteiger charge is -2.05. The number of carbonyl (C=O) groups excluding carboxylic acids is 1. The van der Waals surface area contributed by atoms with Gasteiger partial charge in [0.1, 0.15) is 0 Å². The Kier molecular flexibility index (Phi) is 2.45. The van der Waals surface area contributed by atoms with Crippen molar-refractivity contribution in [2.24, 2.45) is 0 Å². The number of rotatable bonds is 3. The van der Waals surface area contributed by atoms with E-state index in [9.17, 15) is 4.79 Å². The summed E-state index contributed by atoms with van der Waals surface area (Å²) >= 11 is 0. The number of nitrogens with zero attached hydrogens (tertiary/aromatic N) is 3. The lowest BCUT2D eigenvalue weighted by molar-refractivity contribution is 0.111. The molecule has 5 heteroatoms. The predicted octanol–water partition coefficient (Wildman–Crippen LogP) is 1.09. The Hall–Kier alpha value is -2.17. The van der Waals surface area contributed by atoms with Crippen LogP contribution in [0.25, 0.3) is 5.69 Å². The molecule has 1 heterocycles. The van der Waals surface area contributed by atoms with Crippen molar-refractivity contribution in [3.8, 4) is 11.7 Å². The Morgan fingerprint density at radius 1 is 1.27 bits per heavy atom. The van der Waals surface area contributed by atoms with E-state index in [1.165, 1.54) is 7.11 Å². The smallest absolute Gasteiger partial charge is 0.321 e. The first-order valence-corrected chi connectivity index (χ1v) is 4.37. The average molecular weight is 203 g/mol. The number of carbonyl (C=O) groups is 1. The second kappa shape index (κ2) is 3.91. The molecule has 15 heavy (non-hydrogen) atoms.